The summed E-state index contributed by atoms with van der Waals surface area (Å²) in [6.45, 7) is 0. The average molecular weight is 251 g/mol. The minimum absolute atomic E-state index is 0. The van der Waals surface area contributed by atoms with Gasteiger partial charge in [0.25, 0.3) is 0 Å². The maximum absolute atomic E-state index is 0. The van der Waals surface area contributed by atoms with Crippen LogP contribution in [-0.2, 0) is 62.0 Å². The van der Waals surface area contributed by atoms with Crippen molar-refractivity contribution in [3.8, 4) is 0 Å². The first kappa shape index (κ1) is 42.6. The summed E-state index contributed by atoms with van der Waals surface area (Å²) in [5.41, 5.74) is 0. The molecule has 0 N–H and O–H groups in total. The molecule has 0 rings (SSSR count). The molecule has 0 amide bonds. The van der Waals surface area contributed by atoms with Crippen molar-refractivity contribution in [3.63, 3.8) is 0 Å². The van der Waals surface area contributed by atoms with E-state index in [0.717, 1.165) is 0 Å². The van der Waals surface area contributed by atoms with E-state index >= 15 is 0 Å². The molecule has 0 aromatic carbocycles. The van der Waals surface area contributed by atoms with Crippen LogP contribution < -0.4 is 0 Å². The average Bonchev–Trinajstić information content (AvgIpc) is 0. The molecular formula is AgCu2O+2. The van der Waals surface area contributed by atoms with Gasteiger partial charge in [-0.15, -0.1) is 0 Å². The molecule has 0 aliphatic carbocycles. The van der Waals surface area contributed by atoms with Gasteiger partial charge in [0.2, 0.25) is 0 Å². The summed E-state index contributed by atoms with van der Waals surface area (Å²) in [4.78, 5) is 0. The monoisotopic (exact) mass is 249 g/mol. The second kappa shape index (κ2) is 21.9. The van der Waals surface area contributed by atoms with Gasteiger partial charge in [0.15, 0.2) is 0 Å². The summed E-state index contributed by atoms with van der Waals surface area (Å²) in [6, 6.07) is 0. The van der Waals surface area contributed by atoms with E-state index in [4.69, 9.17) is 0 Å². The number of hydrogen-bond acceptors (Lipinski definition) is 0. The van der Waals surface area contributed by atoms with Crippen molar-refractivity contribution in [2.45, 2.75) is 0 Å². The van der Waals surface area contributed by atoms with Gasteiger partial charge in [-0.05, 0) is 0 Å². The summed E-state index contributed by atoms with van der Waals surface area (Å²) in [6.07, 6.45) is 0. The SMILES string of the molecule is [Ag+].[Cu+2].[Cu+].[O-2]. The molecule has 4 heteroatoms. The summed E-state index contributed by atoms with van der Waals surface area (Å²) >= 11 is 0. The second-order valence-electron chi connectivity index (χ2n) is 0. The third kappa shape index (κ3) is 9.28. The van der Waals surface area contributed by atoms with Gasteiger partial charge in [-0.3, -0.25) is 0 Å². The normalized spacial score (nSPS) is 0. The van der Waals surface area contributed by atoms with E-state index < -0.39 is 0 Å². The van der Waals surface area contributed by atoms with Crippen molar-refractivity contribution in [1.82, 2.24) is 0 Å². The molecule has 1 nitrogen and oxygen atoms in total. The van der Waals surface area contributed by atoms with E-state index in [1.807, 2.05) is 0 Å². The fourth-order valence-electron chi connectivity index (χ4n) is 0. The van der Waals surface area contributed by atoms with Crippen molar-refractivity contribution in [3.05, 3.63) is 0 Å². The first-order valence-corrected chi connectivity index (χ1v) is 0. The molecule has 0 atom stereocenters. The van der Waals surface area contributed by atoms with Gasteiger partial charge in [-0.1, -0.05) is 0 Å². The molecule has 1 radical (unpaired) electrons. The molecule has 4 heavy (non-hydrogen) atoms. The maximum Gasteiger partial charge on any atom is 2.00 e. The quantitative estimate of drug-likeness (QED) is 0.537. The van der Waals surface area contributed by atoms with Crippen LogP contribution in [0.3, 0.4) is 0 Å². The van der Waals surface area contributed by atoms with E-state index in [2.05, 4.69) is 0 Å². The van der Waals surface area contributed by atoms with Gasteiger partial charge >= 0.3 is 56.5 Å². The van der Waals surface area contributed by atoms with Gasteiger partial charge in [0.05, 0.1) is 0 Å². The molecule has 0 heterocycles. The smallest absolute Gasteiger partial charge is 2.00 e. The van der Waals surface area contributed by atoms with Crippen molar-refractivity contribution < 1.29 is 62.0 Å². The zero-order valence-corrected chi connectivity index (χ0v) is 4.68. The standard InChI is InChI=1S/Ag.2Cu.O/q2*+1;+2;-2. The van der Waals surface area contributed by atoms with Gasteiger partial charge in [-0.2, -0.15) is 0 Å². The second-order valence-corrected chi connectivity index (χ2v) is 0. The Labute approximate surface area is 61.7 Å². The van der Waals surface area contributed by atoms with Crippen molar-refractivity contribution in [1.29, 1.82) is 0 Å². The first-order chi connectivity index (χ1) is 0. The van der Waals surface area contributed by atoms with Crippen LogP contribution in [0.15, 0.2) is 0 Å². The zero-order chi connectivity index (χ0) is 0. The van der Waals surface area contributed by atoms with Gasteiger partial charge in [-0.25, -0.2) is 0 Å². The Morgan fingerprint density at radius 1 is 1.00 bits per heavy atom. The van der Waals surface area contributed by atoms with E-state index in [1.165, 1.54) is 0 Å². The molecule has 0 saturated carbocycles. The summed E-state index contributed by atoms with van der Waals surface area (Å²) in [5.74, 6) is 0. The van der Waals surface area contributed by atoms with E-state index in [-0.39, 0.29) is 62.0 Å². The molecule has 0 aromatic rings. The van der Waals surface area contributed by atoms with Crippen molar-refractivity contribution in [2.24, 2.45) is 0 Å². The Morgan fingerprint density at radius 3 is 1.00 bits per heavy atom. The van der Waals surface area contributed by atoms with Crippen LogP contribution in [0.4, 0.5) is 0 Å². The third-order valence-corrected chi connectivity index (χ3v) is 0. The summed E-state index contributed by atoms with van der Waals surface area (Å²) in [5, 5.41) is 0. The van der Waals surface area contributed by atoms with E-state index in [9.17, 15) is 0 Å². The fraction of sp³-hybridized carbons (Fsp3) is 0. The Morgan fingerprint density at radius 2 is 1.00 bits per heavy atom. The number of hydrogen-bond donors (Lipinski definition) is 0. The molecule has 0 fully saturated rings. The van der Waals surface area contributed by atoms with Gasteiger partial charge in [0.1, 0.15) is 0 Å². The Kier molecular flexibility index (Phi) is 233. The molecule has 0 saturated heterocycles. The van der Waals surface area contributed by atoms with Crippen LogP contribution in [0.2, 0.25) is 0 Å². The minimum Gasteiger partial charge on any atom is -2.00 e. The maximum atomic E-state index is 0. The van der Waals surface area contributed by atoms with Crippen molar-refractivity contribution >= 4 is 0 Å². The molecule has 0 aliphatic rings. The zero-order valence-electron chi connectivity index (χ0n) is 1.31. The molecule has 0 aromatic heterocycles. The van der Waals surface area contributed by atoms with E-state index in [0.29, 0.717) is 0 Å². The Hall–Kier alpha value is 1.74. The van der Waals surface area contributed by atoms with E-state index in [1.54, 1.807) is 0 Å². The van der Waals surface area contributed by atoms with Crippen molar-refractivity contribution in [2.75, 3.05) is 0 Å². The molecular weight excluding hydrogens is 251 g/mol. The van der Waals surface area contributed by atoms with Crippen LogP contribution >= 0.6 is 0 Å². The Balaban J connectivity index is 0. The van der Waals surface area contributed by atoms with Crippen LogP contribution in [0.25, 0.3) is 0 Å². The fourth-order valence-corrected chi connectivity index (χ4v) is 0. The number of rotatable bonds is 0. The van der Waals surface area contributed by atoms with Crippen LogP contribution in [0.5, 0.6) is 0 Å². The first-order valence-electron chi connectivity index (χ1n) is 0. The topological polar surface area (TPSA) is 28.5 Å². The molecule has 0 bridgehead atoms. The van der Waals surface area contributed by atoms with Crippen LogP contribution in [0.1, 0.15) is 0 Å². The van der Waals surface area contributed by atoms with Gasteiger partial charge < -0.3 is 5.48 Å². The Bertz CT molecular complexity index is 6.00. The minimum atomic E-state index is 0. The largest absolute Gasteiger partial charge is 2.00 e. The molecule has 0 aliphatic heterocycles. The molecule has 37 valence electrons. The summed E-state index contributed by atoms with van der Waals surface area (Å²) < 4.78 is 0. The predicted octanol–water partition coefficient (Wildman–Crippen LogP) is -0.126. The molecule has 0 unspecified atom stereocenters. The van der Waals surface area contributed by atoms with Crippen LogP contribution in [-0.4, -0.2) is 0 Å². The third-order valence-electron chi connectivity index (χ3n) is 0. The van der Waals surface area contributed by atoms with Gasteiger partial charge in [0, 0.05) is 0 Å². The van der Waals surface area contributed by atoms with Crippen LogP contribution in [0, 0.1) is 0 Å². The predicted molar refractivity (Wildman–Crippen MR) is 0.686 cm³/mol. The summed E-state index contributed by atoms with van der Waals surface area (Å²) in [7, 11) is 0. The molecule has 0 spiro atoms.